The quantitative estimate of drug-likeness (QED) is 0.533. The third kappa shape index (κ3) is 3.85. The molecule has 150 valence electrons. The summed E-state index contributed by atoms with van der Waals surface area (Å²) in [7, 11) is 2.98. The van der Waals surface area contributed by atoms with Gasteiger partial charge in [-0.15, -0.1) is 6.58 Å². The van der Waals surface area contributed by atoms with Crippen molar-refractivity contribution in [1.82, 2.24) is 4.90 Å². The molecule has 1 heterocycles. The first-order valence-electron chi connectivity index (χ1n) is 9.07. The summed E-state index contributed by atoms with van der Waals surface area (Å²) in [6.07, 6.45) is 1.45. The van der Waals surface area contributed by atoms with Gasteiger partial charge in [0.2, 0.25) is 5.91 Å². The molecule has 7 heteroatoms. The molecular formula is C22H22N2O5. The predicted octanol–water partition coefficient (Wildman–Crippen LogP) is 2.66. The Bertz CT molecular complexity index is 941. The number of para-hydroxylation sites is 1. The normalized spacial score (nSPS) is 15.9. The second-order valence-corrected chi connectivity index (χ2v) is 6.44. The fourth-order valence-corrected chi connectivity index (χ4v) is 3.33. The molecule has 2 aromatic rings. The van der Waals surface area contributed by atoms with Gasteiger partial charge in [-0.1, -0.05) is 24.3 Å². The van der Waals surface area contributed by atoms with Gasteiger partial charge < -0.3 is 14.4 Å². The number of amides is 3. The van der Waals surface area contributed by atoms with Crippen molar-refractivity contribution in [2.75, 3.05) is 25.7 Å². The van der Waals surface area contributed by atoms with Crippen LogP contribution in [0.2, 0.25) is 0 Å². The van der Waals surface area contributed by atoms with Crippen molar-refractivity contribution in [1.29, 1.82) is 0 Å². The number of hydrogen-bond acceptors (Lipinski definition) is 5. The molecule has 0 N–H and O–H groups in total. The molecule has 0 saturated carbocycles. The lowest BCUT2D eigenvalue weighted by Gasteiger charge is -2.26. The first-order valence-corrected chi connectivity index (χ1v) is 9.07. The van der Waals surface area contributed by atoms with Gasteiger partial charge in [0.25, 0.3) is 11.8 Å². The minimum Gasteiger partial charge on any atom is -0.493 e. The minimum atomic E-state index is -0.902. The van der Waals surface area contributed by atoms with Gasteiger partial charge in [0.15, 0.2) is 11.5 Å². The number of methoxy groups -OCH3 is 2. The van der Waals surface area contributed by atoms with Crippen LogP contribution >= 0.6 is 0 Å². The second kappa shape index (κ2) is 8.60. The number of ether oxygens (including phenoxy) is 2. The Balaban J connectivity index is 1.92. The predicted molar refractivity (Wildman–Crippen MR) is 108 cm³/mol. The molecule has 7 nitrogen and oxygen atoms in total. The lowest BCUT2D eigenvalue weighted by Crippen LogP contribution is -2.45. The van der Waals surface area contributed by atoms with Gasteiger partial charge in [0.05, 0.1) is 26.3 Å². The van der Waals surface area contributed by atoms with E-state index in [1.165, 1.54) is 25.2 Å². The molecule has 0 bridgehead atoms. The number of rotatable bonds is 7. The molecule has 1 aliphatic heterocycles. The number of carbonyl (C=O) groups excluding carboxylic acids is 3. The Morgan fingerprint density at radius 1 is 1.14 bits per heavy atom. The van der Waals surface area contributed by atoms with Crippen LogP contribution in [0.5, 0.6) is 11.5 Å². The summed E-state index contributed by atoms with van der Waals surface area (Å²) in [4.78, 5) is 41.2. The molecule has 1 fully saturated rings. The molecule has 1 atom stereocenters. The molecule has 3 rings (SSSR count). The third-order valence-electron chi connectivity index (χ3n) is 4.73. The molecule has 0 aromatic heterocycles. The maximum atomic E-state index is 13.2. The topological polar surface area (TPSA) is 76.2 Å². The summed E-state index contributed by atoms with van der Waals surface area (Å²) in [6.45, 7) is 3.81. The SMILES string of the molecule is C=CCN(C(=O)c1ccc(OC)c(OC)c1)C1CC(=O)N(c2ccccc2)C1=O. The number of nitrogens with zero attached hydrogens (tertiary/aromatic N) is 2. The van der Waals surface area contributed by atoms with Crippen molar-refractivity contribution in [3.05, 3.63) is 66.7 Å². The van der Waals surface area contributed by atoms with Crippen LogP contribution in [0.4, 0.5) is 5.69 Å². The number of carbonyl (C=O) groups is 3. The lowest BCUT2D eigenvalue weighted by molar-refractivity contribution is -0.122. The van der Waals surface area contributed by atoms with Crippen LogP contribution in [-0.4, -0.2) is 49.4 Å². The summed E-state index contributed by atoms with van der Waals surface area (Å²) in [5.74, 6) is -0.289. The fourth-order valence-electron chi connectivity index (χ4n) is 3.33. The fraction of sp³-hybridized carbons (Fsp3) is 0.227. The van der Waals surface area contributed by atoms with E-state index in [0.29, 0.717) is 22.7 Å². The molecule has 1 saturated heterocycles. The van der Waals surface area contributed by atoms with Crippen LogP contribution in [0.25, 0.3) is 0 Å². The maximum Gasteiger partial charge on any atom is 0.257 e. The summed E-state index contributed by atoms with van der Waals surface area (Å²) < 4.78 is 10.5. The molecule has 1 aliphatic rings. The zero-order valence-corrected chi connectivity index (χ0v) is 16.3. The Morgan fingerprint density at radius 3 is 2.45 bits per heavy atom. The standard InChI is InChI=1S/C22H22N2O5/c1-4-12-23(21(26)15-10-11-18(28-2)19(13-15)29-3)17-14-20(25)24(22(17)27)16-8-6-5-7-9-16/h4-11,13,17H,1,12,14H2,2-3H3. The summed E-state index contributed by atoms with van der Waals surface area (Å²) in [5, 5.41) is 0. The second-order valence-electron chi connectivity index (χ2n) is 6.44. The highest BCUT2D eigenvalue weighted by atomic mass is 16.5. The highest BCUT2D eigenvalue weighted by Crippen LogP contribution is 2.30. The van der Waals surface area contributed by atoms with Crippen LogP contribution in [0.3, 0.4) is 0 Å². The molecule has 0 aliphatic carbocycles. The highest BCUT2D eigenvalue weighted by molar-refractivity contribution is 6.23. The van der Waals surface area contributed by atoms with E-state index < -0.39 is 17.9 Å². The molecule has 0 radical (unpaired) electrons. The Hall–Kier alpha value is -3.61. The molecule has 1 unspecified atom stereocenters. The van der Waals surface area contributed by atoms with Crippen molar-refractivity contribution in [2.45, 2.75) is 12.5 Å². The van der Waals surface area contributed by atoms with Gasteiger partial charge in [-0.2, -0.15) is 0 Å². The number of imide groups is 1. The number of benzene rings is 2. The van der Waals surface area contributed by atoms with E-state index in [9.17, 15) is 14.4 Å². The van der Waals surface area contributed by atoms with Crippen LogP contribution < -0.4 is 14.4 Å². The van der Waals surface area contributed by atoms with Crippen molar-refractivity contribution < 1.29 is 23.9 Å². The van der Waals surface area contributed by atoms with Crippen LogP contribution in [0.1, 0.15) is 16.8 Å². The molecular weight excluding hydrogens is 372 g/mol. The van der Waals surface area contributed by atoms with Gasteiger partial charge in [0, 0.05) is 12.1 Å². The minimum absolute atomic E-state index is 0.0827. The molecule has 29 heavy (non-hydrogen) atoms. The first-order chi connectivity index (χ1) is 14.0. The third-order valence-corrected chi connectivity index (χ3v) is 4.73. The molecule has 2 aromatic carbocycles. The van der Waals surface area contributed by atoms with E-state index in [-0.39, 0.29) is 18.9 Å². The van der Waals surface area contributed by atoms with E-state index >= 15 is 0 Å². The maximum absolute atomic E-state index is 13.2. The van der Waals surface area contributed by atoms with Crippen LogP contribution in [-0.2, 0) is 9.59 Å². The van der Waals surface area contributed by atoms with E-state index in [0.717, 1.165) is 4.90 Å². The number of anilines is 1. The summed E-state index contributed by atoms with van der Waals surface area (Å²) >= 11 is 0. The first kappa shape index (κ1) is 20.1. The van der Waals surface area contributed by atoms with Crippen molar-refractivity contribution >= 4 is 23.4 Å². The van der Waals surface area contributed by atoms with Gasteiger partial charge in [-0.25, -0.2) is 4.90 Å². The zero-order valence-electron chi connectivity index (χ0n) is 16.3. The number of hydrogen-bond donors (Lipinski definition) is 0. The molecule has 3 amide bonds. The van der Waals surface area contributed by atoms with E-state index in [1.807, 2.05) is 0 Å². The van der Waals surface area contributed by atoms with Crippen molar-refractivity contribution in [3.63, 3.8) is 0 Å². The van der Waals surface area contributed by atoms with Crippen molar-refractivity contribution in [3.8, 4) is 11.5 Å². The van der Waals surface area contributed by atoms with Gasteiger partial charge >= 0.3 is 0 Å². The summed E-state index contributed by atoms with van der Waals surface area (Å²) in [5.41, 5.74) is 0.810. The van der Waals surface area contributed by atoms with Crippen LogP contribution in [0.15, 0.2) is 61.2 Å². The molecule has 0 spiro atoms. The Kier molecular flexibility index (Phi) is 5.97. The van der Waals surface area contributed by atoms with E-state index in [1.54, 1.807) is 48.5 Å². The van der Waals surface area contributed by atoms with Crippen molar-refractivity contribution in [2.24, 2.45) is 0 Å². The zero-order chi connectivity index (χ0) is 21.0. The monoisotopic (exact) mass is 394 g/mol. The summed E-state index contributed by atoms with van der Waals surface area (Å²) in [6, 6.07) is 12.5. The largest absolute Gasteiger partial charge is 0.493 e. The van der Waals surface area contributed by atoms with Gasteiger partial charge in [0.1, 0.15) is 6.04 Å². The lowest BCUT2D eigenvalue weighted by atomic mass is 10.1. The Morgan fingerprint density at radius 2 is 1.83 bits per heavy atom. The average molecular weight is 394 g/mol. The smallest absolute Gasteiger partial charge is 0.257 e. The Labute approximate surface area is 169 Å². The van der Waals surface area contributed by atoms with Crippen LogP contribution in [0, 0.1) is 0 Å². The van der Waals surface area contributed by atoms with Gasteiger partial charge in [-0.05, 0) is 30.3 Å². The van der Waals surface area contributed by atoms with E-state index in [2.05, 4.69) is 6.58 Å². The highest BCUT2D eigenvalue weighted by Gasteiger charge is 2.44. The van der Waals surface area contributed by atoms with E-state index in [4.69, 9.17) is 9.47 Å². The van der Waals surface area contributed by atoms with Gasteiger partial charge in [-0.3, -0.25) is 14.4 Å². The average Bonchev–Trinajstić information content (AvgIpc) is 3.05.